The number of hydrogen-bond acceptors (Lipinski definition) is 9. The van der Waals surface area contributed by atoms with E-state index in [9.17, 15) is 13.2 Å². The zero-order valence-electron chi connectivity index (χ0n) is 34.5. The lowest BCUT2D eigenvalue weighted by molar-refractivity contribution is -0.0807. The molecule has 0 bridgehead atoms. The van der Waals surface area contributed by atoms with Crippen LogP contribution in [0.2, 0.25) is 0 Å². The van der Waals surface area contributed by atoms with Gasteiger partial charge in [0, 0.05) is 13.1 Å². The molecule has 2 aliphatic heterocycles. The van der Waals surface area contributed by atoms with Crippen molar-refractivity contribution in [2.24, 2.45) is 5.92 Å². The predicted molar refractivity (Wildman–Crippen MR) is 214 cm³/mol. The number of rotatable bonds is 13. The van der Waals surface area contributed by atoms with Gasteiger partial charge >= 0.3 is 13.2 Å². The molecule has 11 nitrogen and oxygen atoms in total. The van der Waals surface area contributed by atoms with Crippen LogP contribution in [0.15, 0.2) is 77.7 Å². The molecular weight excluding hydrogens is 719 g/mol. The third kappa shape index (κ3) is 9.86. The van der Waals surface area contributed by atoms with Crippen molar-refractivity contribution in [1.82, 2.24) is 9.21 Å². The highest BCUT2D eigenvalue weighted by molar-refractivity contribution is 7.89. The van der Waals surface area contributed by atoms with Gasteiger partial charge in [-0.1, -0.05) is 50.2 Å². The first kappa shape index (κ1) is 42.5. The molecule has 3 aromatic carbocycles. The van der Waals surface area contributed by atoms with Crippen LogP contribution in [0.1, 0.15) is 87.3 Å². The Morgan fingerprint density at radius 3 is 2.04 bits per heavy atom. The first-order chi connectivity index (χ1) is 25.5. The number of amides is 1. The Hall–Kier alpha value is -3.62. The van der Waals surface area contributed by atoms with Gasteiger partial charge in [-0.05, 0) is 128 Å². The molecule has 2 fully saturated rings. The van der Waals surface area contributed by atoms with Gasteiger partial charge in [0.15, 0.2) is 0 Å². The average Bonchev–Trinajstić information content (AvgIpc) is 3.47. The molecule has 300 valence electrons. The Bertz CT molecular complexity index is 1870. The zero-order chi connectivity index (χ0) is 40.6. The minimum Gasteiger partial charge on any atom is -0.497 e. The summed E-state index contributed by atoms with van der Waals surface area (Å²) in [5.41, 5.74) is 0.0452. The predicted octanol–water partition coefficient (Wildman–Crippen LogP) is 7.20. The Labute approximate surface area is 328 Å². The lowest BCUT2D eigenvalue weighted by Gasteiger charge is -2.35. The van der Waals surface area contributed by atoms with Crippen molar-refractivity contribution in [3.05, 3.63) is 83.9 Å². The number of hydrogen-bond donors (Lipinski definition) is 0. The first-order valence-electron chi connectivity index (χ1n) is 19.0. The third-order valence-electron chi connectivity index (χ3n) is 10.3. The summed E-state index contributed by atoms with van der Waals surface area (Å²) in [4.78, 5) is 15.6. The van der Waals surface area contributed by atoms with Gasteiger partial charge in [0.25, 0.3) is 0 Å². The van der Waals surface area contributed by atoms with Crippen molar-refractivity contribution < 1.29 is 41.5 Å². The fourth-order valence-corrected chi connectivity index (χ4v) is 8.50. The van der Waals surface area contributed by atoms with E-state index in [1.165, 1.54) is 11.4 Å². The second-order valence-electron chi connectivity index (χ2n) is 17.3. The van der Waals surface area contributed by atoms with Crippen molar-refractivity contribution in [2.45, 2.75) is 129 Å². The van der Waals surface area contributed by atoms with Crippen molar-refractivity contribution in [3.63, 3.8) is 0 Å². The normalized spacial score (nSPS) is 20.6. The van der Waals surface area contributed by atoms with E-state index in [0.717, 1.165) is 16.6 Å². The van der Waals surface area contributed by atoms with E-state index >= 15 is 0 Å². The van der Waals surface area contributed by atoms with E-state index in [-0.39, 0.29) is 23.9 Å². The summed E-state index contributed by atoms with van der Waals surface area (Å²) < 4.78 is 66.4. The minimum absolute atomic E-state index is 0.0271. The highest BCUT2D eigenvalue weighted by atomic mass is 32.2. The molecule has 0 saturated carbocycles. The SMILES string of the molecule is COc1ccc(S(=O)(=O)N(CC(C)C)C[C@H]2OC(C)(C)N(C(=O)OC(C)(C)C)[C@H]2Cc2ccc(OCc3ccccc3B3OC(C)(C)C(C)(C)O3)cc2)cc1. The second kappa shape index (κ2) is 16.1. The number of ether oxygens (including phenoxy) is 4. The van der Waals surface area contributed by atoms with Crippen molar-refractivity contribution in [2.75, 3.05) is 20.2 Å². The van der Waals surface area contributed by atoms with Gasteiger partial charge in [-0.15, -0.1) is 0 Å². The van der Waals surface area contributed by atoms with E-state index in [4.69, 9.17) is 28.3 Å². The van der Waals surface area contributed by atoms with Crippen LogP contribution in [-0.2, 0) is 41.8 Å². The number of carbonyl (C=O) groups is 1. The van der Waals surface area contributed by atoms with Crippen LogP contribution in [0.3, 0.4) is 0 Å². The summed E-state index contributed by atoms with van der Waals surface area (Å²) in [6.45, 7) is 21.8. The highest BCUT2D eigenvalue weighted by Crippen LogP contribution is 2.38. The highest BCUT2D eigenvalue weighted by Gasteiger charge is 2.53. The average molecular weight is 779 g/mol. The van der Waals surface area contributed by atoms with Crippen molar-refractivity contribution in [1.29, 1.82) is 0 Å². The zero-order valence-corrected chi connectivity index (χ0v) is 35.4. The summed E-state index contributed by atoms with van der Waals surface area (Å²) in [6, 6.07) is 21.5. The fourth-order valence-electron chi connectivity index (χ4n) is 6.88. The number of sulfonamides is 1. The number of methoxy groups -OCH3 is 1. The van der Waals surface area contributed by atoms with E-state index < -0.39 is 57.9 Å². The molecule has 0 unspecified atom stereocenters. The molecule has 2 saturated heterocycles. The van der Waals surface area contributed by atoms with E-state index in [1.54, 1.807) is 29.2 Å². The molecule has 0 N–H and O–H groups in total. The lowest BCUT2D eigenvalue weighted by atomic mass is 9.76. The molecule has 0 aromatic heterocycles. The van der Waals surface area contributed by atoms with Crippen LogP contribution in [0.5, 0.6) is 11.5 Å². The van der Waals surface area contributed by atoms with E-state index in [0.29, 0.717) is 24.5 Å². The van der Waals surface area contributed by atoms with Crippen molar-refractivity contribution in [3.8, 4) is 11.5 Å². The van der Waals surface area contributed by atoms with Gasteiger partial charge in [0.1, 0.15) is 29.4 Å². The van der Waals surface area contributed by atoms with Gasteiger partial charge in [0.05, 0.1) is 35.4 Å². The maximum absolute atomic E-state index is 14.1. The molecule has 0 aliphatic carbocycles. The Morgan fingerprint density at radius 1 is 0.891 bits per heavy atom. The Kier molecular flexibility index (Phi) is 12.4. The van der Waals surface area contributed by atoms with Crippen LogP contribution in [0.25, 0.3) is 0 Å². The number of nitrogens with zero attached hydrogens (tertiary/aromatic N) is 2. The quantitative estimate of drug-likeness (QED) is 0.166. The van der Waals surface area contributed by atoms with Crippen LogP contribution in [0.4, 0.5) is 4.79 Å². The smallest absolute Gasteiger partial charge is 0.495 e. The maximum Gasteiger partial charge on any atom is 0.495 e. The molecule has 13 heteroatoms. The van der Waals surface area contributed by atoms with Crippen LogP contribution >= 0.6 is 0 Å². The number of benzene rings is 3. The largest absolute Gasteiger partial charge is 0.497 e. The van der Waals surface area contributed by atoms with E-state index in [1.807, 2.05) is 125 Å². The Balaban J connectivity index is 1.38. The topological polar surface area (TPSA) is 113 Å². The summed E-state index contributed by atoms with van der Waals surface area (Å²) >= 11 is 0. The standard InChI is InChI=1S/C42H59BN2O9S/c1-29(2)26-44(55(47,48)34-23-21-32(49-12)22-24-34)27-37-36(45(42(10,11)51-37)38(46)52-39(3,4)5)25-30-17-19-33(20-18-30)50-28-31-15-13-14-16-35(31)43-53-40(6,7)41(8,9)54-43/h13-24,29,36-37H,25-28H2,1-12H3/t36-,37+/m0/s1. The van der Waals surface area contributed by atoms with Crippen molar-refractivity contribution >= 4 is 28.7 Å². The molecule has 2 aliphatic rings. The molecular formula is C42H59BN2O9S. The number of carbonyl (C=O) groups excluding carboxylic acids is 1. The lowest BCUT2D eigenvalue weighted by Crippen LogP contribution is -2.52. The molecule has 0 radical (unpaired) electrons. The van der Waals surface area contributed by atoms with E-state index in [2.05, 4.69) is 0 Å². The molecule has 0 spiro atoms. The Morgan fingerprint density at radius 2 is 1.47 bits per heavy atom. The van der Waals surface area contributed by atoms with Crippen LogP contribution in [0, 0.1) is 5.92 Å². The maximum atomic E-state index is 14.1. The third-order valence-corrected chi connectivity index (χ3v) is 12.2. The van der Waals surface area contributed by atoms with Crippen LogP contribution < -0.4 is 14.9 Å². The summed E-state index contributed by atoms with van der Waals surface area (Å²) in [6.07, 6.45) is -0.813. The molecule has 55 heavy (non-hydrogen) atoms. The summed E-state index contributed by atoms with van der Waals surface area (Å²) in [7, 11) is -2.90. The first-order valence-corrected chi connectivity index (χ1v) is 20.5. The minimum atomic E-state index is -3.93. The second-order valence-corrected chi connectivity index (χ2v) is 19.3. The van der Waals surface area contributed by atoms with Gasteiger partial charge in [0.2, 0.25) is 10.0 Å². The monoisotopic (exact) mass is 778 g/mol. The summed E-state index contributed by atoms with van der Waals surface area (Å²) in [5, 5.41) is 0. The molecule has 2 atom stereocenters. The summed E-state index contributed by atoms with van der Waals surface area (Å²) in [5.74, 6) is 1.26. The fraction of sp³-hybridized carbons (Fsp3) is 0.548. The van der Waals surface area contributed by atoms with Gasteiger partial charge in [-0.25, -0.2) is 13.2 Å². The molecule has 5 rings (SSSR count). The van der Waals surface area contributed by atoms with Gasteiger partial charge in [-0.3, -0.25) is 4.90 Å². The molecule has 1 amide bonds. The van der Waals surface area contributed by atoms with Crippen LogP contribution in [-0.4, -0.2) is 85.7 Å². The molecule has 3 aromatic rings. The van der Waals surface area contributed by atoms with Gasteiger partial charge < -0.3 is 28.3 Å². The van der Waals surface area contributed by atoms with Gasteiger partial charge in [-0.2, -0.15) is 4.31 Å². The molecule has 2 heterocycles.